The SMILES string of the molecule is C[C@@H](C1CC1)N1C(=O)[C@@H]2[C@H](C1=O)[C@@H]1C=C[C@@H]2C12CC2. The first-order valence-corrected chi connectivity index (χ1v) is 7.70. The van der Waals surface area contributed by atoms with Crippen LogP contribution in [0.4, 0.5) is 0 Å². The van der Waals surface area contributed by atoms with Crippen LogP contribution in [0.3, 0.4) is 0 Å². The van der Waals surface area contributed by atoms with Gasteiger partial charge in [-0.1, -0.05) is 12.2 Å². The molecule has 1 aliphatic heterocycles. The Kier molecular flexibility index (Phi) is 1.66. The van der Waals surface area contributed by atoms with Crippen molar-refractivity contribution in [3.8, 4) is 0 Å². The lowest BCUT2D eigenvalue weighted by Crippen LogP contribution is -2.42. The molecule has 100 valence electrons. The summed E-state index contributed by atoms with van der Waals surface area (Å²) in [4.78, 5) is 27.1. The topological polar surface area (TPSA) is 37.4 Å². The Bertz CT molecular complexity index is 495. The molecule has 3 nitrogen and oxygen atoms in total. The van der Waals surface area contributed by atoms with E-state index >= 15 is 0 Å². The molecular weight excluding hydrogens is 238 g/mol. The third-order valence-corrected chi connectivity index (χ3v) is 6.60. The molecule has 2 amide bonds. The minimum absolute atomic E-state index is 0.00815. The van der Waals surface area contributed by atoms with Gasteiger partial charge in [0.15, 0.2) is 0 Å². The van der Waals surface area contributed by atoms with E-state index in [2.05, 4.69) is 19.1 Å². The minimum Gasteiger partial charge on any atom is -0.279 e. The smallest absolute Gasteiger partial charge is 0.233 e. The van der Waals surface area contributed by atoms with Crippen molar-refractivity contribution in [3.05, 3.63) is 12.2 Å². The zero-order valence-electron chi connectivity index (χ0n) is 11.2. The maximum atomic E-state index is 12.7. The van der Waals surface area contributed by atoms with Crippen molar-refractivity contribution < 1.29 is 9.59 Å². The molecule has 5 atom stereocenters. The molecule has 0 radical (unpaired) electrons. The van der Waals surface area contributed by atoms with Crippen molar-refractivity contribution in [3.63, 3.8) is 0 Å². The molecule has 1 heterocycles. The predicted molar refractivity (Wildman–Crippen MR) is 68.8 cm³/mol. The van der Waals surface area contributed by atoms with Crippen LogP contribution in [0.2, 0.25) is 0 Å². The summed E-state index contributed by atoms with van der Waals surface area (Å²) in [6.07, 6.45) is 9.30. The number of nitrogens with zero attached hydrogens (tertiary/aromatic N) is 1. The lowest BCUT2D eigenvalue weighted by atomic mass is 9.85. The number of amides is 2. The number of hydrogen-bond acceptors (Lipinski definition) is 2. The first-order chi connectivity index (χ1) is 9.15. The second-order valence-corrected chi connectivity index (χ2v) is 7.35. The first-order valence-electron chi connectivity index (χ1n) is 7.70. The Hall–Kier alpha value is -1.12. The van der Waals surface area contributed by atoms with E-state index in [-0.39, 0.29) is 29.7 Å². The van der Waals surface area contributed by atoms with Crippen molar-refractivity contribution in [2.24, 2.45) is 35.0 Å². The van der Waals surface area contributed by atoms with Crippen LogP contribution >= 0.6 is 0 Å². The Morgan fingerprint density at radius 1 is 1.11 bits per heavy atom. The Balaban J connectivity index is 1.54. The average Bonchev–Trinajstić information content (AvgIpc) is 3.27. The summed E-state index contributed by atoms with van der Waals surface area (Å²) in [6.45, 7) is 2.07. The summed E-state index contributed by atoms with van der Waals surface area (Å²) in [7, 11) is 0. The standard InChI is InChI=1S/C16H19NO2/c1-8(9-2-3-9)17-14(18)12-10-4-5-11(13(12)15(17)19)16(10)6-7-16/h4-5,8-13H,2-3,6-7H2,1H3/t8-,10-,11-,12-,13+/m0/s1. The maximum Gasteiger partial charge on any atom is 0.233 e. The van der Waals surface area contributed by atoms with Crippen molar-refractivity contribution in [2.75, 3.05) is 0 Å². The van der Waals surface area contributed by atoms with Crippen LogP contribution in [0, 0.1) is 35.0 Å². The van der Waals surface area contributed by atoms with E-state index in [0.717, 1.165) is 0 Å². The molecule has 3 saturated carbocycles. The number of likely N-dealkylation sites (tertiary alicyclic amines) is 1. The summed E-state index contributed by atoms with van der Waals surface area (Å²) in [5.74, 6) is 1.60. The van der Waals surface area contributed by atoms with Gasteiger partial charge in [0.05, 0.1) is 11.8 Å². The van der Waals surface area contributed by atoms with Crippen LogP contribution in [0.15, 0.2) is 12.2 Å². The van der Waals surface area contributed by atoms with Crippen LogP contribution in [-0.4, -0.2) is 22.8 Å². The van der Waals surface area contributed by atoms with E-state index < -0.39 is 0 Å². The van der Waals surface area contributed by atoms with Gasteiger partial charge >= 0.3 is 0 Å². The van der Waals surface area contributed by atoms with Gasteiger partial charge in [-0.2, -0.15) is 0 Å². The molecule has 1 saturated heterocycles. The van der Waals surface area contributed by atoms with E-state index in [0.29, 0.717) is 23.2 Å². The maximum absolute atomic E-state index is 12.7. The minimum atomic E-state index is -0.00815. The number of carbonyl (C=O) groups excluding carboxylic acids is 2. The van der Waals surface area contributed by atoms with Crippen molar-refractivity contribution in [1.82, 2.24) is 4.90 Å². The highest BCUT2D eigenvalue weighted by atomic mass is 16.2. The van der Waals surface area contributed by atoms with Gasteiger partial charge in [0.1, 0.15) is 0 Å². The van der Waals surface area contributed by atoms with Gasteiger partial charge in [0.2, 0.25) is 11.8 Å². The van der Waals surface area contributed by atoms with Crippen LogP contribution in [-0.2, 0) is 9.59 Å². The second kappa shape index (κ2) is 2.97. The highest BCUT2D eigenvalue weighted by Crippen LogP contribution is 2.73. The predicted octanol–water partition coefficient (Wildman–Crippen LogP) is 1.98. The van der Waals surface area contributed by atoms with Crippen molar-refractivity contribution in [2.45, 2.75) is 38.6 Å². The molecule has 4 aliphatic carbocycles. The van der Waals surface area contributed by atoms with Crippen LogP contribution in [0.1, 0.15) is 32.6 Å². The number of carbonyl (C=O) groups is 2. The molecule has 0 aromatic rings. The fraction of sp³-hybridized carbons (Fsp3) is 0.750. The molecule has 0 aromatic carbocycles. The highest BCUT2D eigenvalue weighted by molar-refractivity contribution is 6.07. The fourth-order valence-electron chi connectivity index (χ4n) is 5.29. The lowest BCUT2D eigenvalue weighted by molar-refractivity contribution is -0.144. The molecule has 5 rings (SSSR count). The Morgan fingerprint density at radius 3 is 2.05 bits per heavy atom. The van der Waals surface area contributed by atoms with Gasteiger partial charge in [-0.15, -0.1) is 0 Å². The van der Waals surface area contributed by atoms with Crippen molar-refractivity contribution in [1.29, 1.82) is 0 Å². The van der Waals surface area contributed by atoms with Gasteiger partial charge in [0.25, 0.3) is 0 Å². The van der Waals surface area contributed by atoms with E-state index in [1.165, 1.54) is 25.7 Å². The number of rotatable bonds is 2. The normalized spacial score (nSPS) is 46.3. The van der Waals surface area contributed by atoms with Gasteiger partial charge in [-0.25, -0.2) is 0 Å². The van der Waals surface area contributed by atoms with Gasteiger partial charge in [-0.05, 0) is 55.8 Å². The molecule has 0 unspecified atom stereocenters. The monoisotopic (exact) mass is 257 g/mol. The van der Waals surface area contributed by atoms with E-state index in [9.17, 15) is 9.59 Å². The van der Waals surface area contributed by atoms with Crippen LogP contribution < -0.4 is 0 Å². The molecule has 3 heteroatoms. The average molecular weight is 257 g/mol. The summed E-state index contributed by atoms with van der Waals surface area (Å²) in [5.41, 5.74) is 0.329. The third-order valence-electron chi connectivity index (χ3n) is 6.60. The zero-order chi connectivity index (χ0) is 12.9. The molecule has 0 N–H and O–H groups in total. The van der Waals surface area contributed by atoms with Gasteiger partial charge < -0.3 is 0 Å². The molecule has 4 fully saturated rings. The Labute approximate surface area is 113 Å². The zero-order valence-corrected chi connectivity index (χ0v) is 11.2. The number of fused-ring (bicyclic) bond motifs is 3. The van der Waals surface area contributed by atoms with Gasteiger partial charge in [-0.3, -0.25) is 14.5 Å². The molecule has 5 aliphatic rings. The first kappa shape index (κ1) is 10.6. The van der Waals surface area contributed by atoms with Gasteiger partial charge in [0, 0.05) is 6.04 Å². The second-order valence-electron chi connectivity index (χ2n) is 7.35. The highest BCUT2D eigenvalue weighted by Gasteiger charge is 2.73. The fourth-order valence-corrected chi connectivity index (χ4v) is 5.29. The summed E-state index contributed by atoms with van der Waals surface area (Å²) in [5, 5.41) is 0. The summed E-state index contributed by atoms with van der Waals surface area (Å²) >= 11 is 0. The molecule has 2 bridgehead atoms. The molecule has 1 spiro atoms. The number of hydrogen-bond donors (Lipinski definition) is 0. The summed E-state index contributed by atoms with van der Waals surface area (Å²) < 4.78 is 0. The molecule has 19 heavy (non-hydrogen) atoms. The largest absolute Gasteiger partial charge is 0.279 e. The number of allylic oxidation sites excluding steroid dienone is 2. The van der Waals surface area contributed by atoms with E-state index in [4.69, 9.17) is 0 Å². The quantitative estimate of drug-likeness (QED) is 0.560. The van der Waals surface area contributed by atoms with Crippen LogP contribution in [0.25, 0.3) is 0 Å². The molecular formula is C16H19NO2. The van der Waals surface area contributed by atoms with Crippen molar-refractivity contribution >= 4 is 11.8 Å². The van der Waals surface area contributed by atoms with E-state index in [1.807, 2.05) is 0 Å². The van der Waals surface area contributed by atoms with E-state index in [1.54, 1.807) is 4.90 Å². The summed E-state index contributed by atoms with van der Waals surface area (Å²) in [6, 6.07) is 0.139. The third kappa shape index (κ3) is 1.04. The number of imide groups is 1. The van der Waals surface area contributed by atoms with Crippen LogP contribution in [0.5, 0.6) is 0 Å². The lowest BCUT2D eigenvalue weighted by Gasteiger charge is -2.26. The Morgan fingerprint density at radius 2 is 1.63 bits per heavy atom. The molecule has 0 aromatic heterocycles.